The first-order valence-corrected chi connectivity index (χ1v) is 11.1. The van der Waals surface area contributed by atoms with Crippen molar-refractivity contribution in [2.75, 3.05) is 13.2 Å². The standard InChI is InChI=1S/C15H22BrClO2Si/c1-15(2,20(3)4)9-19-14-10(6-12-8-18-12)5-11(17)7-13(14)16/h5,7,12,20H,6,8-9H2,1-4H3. The van der Waals surface area contributed by atoms with Gasteiger partial charge in [-0.2, -0.15) is 0 Å². The first kappa shape index (κ1) is 16.3. The van der Waals surface area contributed by atoms with Crippen molar-refractivity contribution in [3.63, 3.8) is 0 Å². The molecular formula is C15H22BrClO2Si. The van der Waals surface area contributed by atoms with Gasteiger partial charge in [-0.3, -0.25) is 0 Å². The van der Waals surface area contributed by atoms with Gasteiger partial charge in [-0.15, -0.1) is 0 Å². The molecule has 1 atom stereocenters. The van der Waals surface area contributed by atoms with Gasteiger partial charge >= 0.3 is 0 Å². The van der Waals surface area contributed by atoms with E-state index < -0.39 is 8.80 Å². The van der Waals surface area contributed by atoms with E-state index >= 15 is 0 Å². The van der Waals surface area contributed by atoms with Gasteiger partial charge in [-0.05, 0) is 38.7 Å². The molecule has 0 aromatic heterocycles. The molecule has 20 heavy (non-hydrogen) atoms. The molecule has 2 rings (SSSR count). The van der Waals surface area contributed by atoms with Crippen LogP contribution in [0.15, 0.2) is 16.6 Å². The van der Waals surface area contributed by atoms with E-state index in [0.29, 0.717) is 6.10 Å². The lowest BCUT2D eigenvalue weighted by molar-refractivity contribution is 0.271. The van der Waals surface area contributed by atoms with Crippen molar-refractivity contribution in [2.45, 2.75) is 44.5 Å². The van der Waals surface area contributed by atoms with Crippen LogP contribution in [0.3, 0.4) is 0 Å². The van der Waals surface area contributed by atoms with Crippen LogP contribution in [0.5, 0.6) is 5.75 Å². The van der Waals surface area contributed by atoms with Crippen molar-refractivity contribution in [3.05, 3.63) is 27.2 Å². The minimum atomic E-state index is -0.769. The van der Waals surface area contributed by atoms with Crippen molar-refractivity contribution in [3.8, 4) is 5.75 Å². The van der Waals surface area contributed by atoms with Crippen LogP contribution in [-0.4, -0.2) is 28.1 Å². The Labute approximate surface area is 136 Å². The fourth-order valence-electron chi connectivity index (χ4n) is 1.78. The number of benzene rings is 1. The molecular weight excluding hydrogens is 356 g/mol. The highest BCUT2D eigenvalue weighted by atomic mass is 79.9. The topological polar surface area (TPSA) is 21.8 Å². The molecule has 112 valence electrons. The molecule has 1 heterocycles. The summed E-state index contributed by atoms with van der Waals surface area (Å²) in [6.45, 7) is 10.9. The van der Waals surface area contributed by atoms with Crippen molar-refractivity contribution in [1.82, 2.24) is 0 Å². The van der Waals surface area contributed by atoms with Gasteiger partial charge in [0.05, 0.1) is 23.8 Å². The molecule has 0 spiro atoms. The largest absolute Gasteiger partial charge is 0.492 e. The zero-order valence-corrected chi connectivity index (χ0v) is 16.0. The summed E-state index contributed by atoms with van der Waals surface area (Å²) in [5.74, 6) is 0.924. The molecule has 0 bridgehead atoms. The van der Waals surface area contributed by atoms with E-state index in [-0.39, 0.29) is 5.04 Å². The van der Waals surface area contributed by atoms with Crippen LogP contribution in [0.4, 0.5) is 0 Å². The lowest BCUT2D eigenvalue weighted by Crippen LogP contribution is -2.28. The van der Waals surface area contributed by atoms with E-state index in [9.17, 15) is 0 Å². The summed E-state index contributed by atoms with van der Waals surface area (Å²) in [5, 5.41) is 1.00. The van der Waals surface area contributed by atoms with Crippen LogP contribution in [0.1, 0.15) is 19.4 Å². The highest BCUT2D eigenvalue weighted by Gasteiger charge is 2.28. The smallest absolute Gasteiger partial charge is 0.136 e. The Morgan fingerprint density at radius 1 is 1.45 bits per heavy atom. The molecule has 1 aliphatic heterocycles. The van der Waals surface area contributed by atoms with Gasteiger partial charge in [-0.25, -0.2) is 0 Å². The minimum Gasteiger partial charge on any atom is -0.492 e. The molecule has 2 nitrogen and oxygen atoms in total. The second-order valence-corrected chi connectivity index (χ2v) is 11.6. The Kier molecular flexibility index (Phi) is 5.22. The first-order valence-electron chi connectivity index (χ1n) is 7.02. The monoisotopic (exact) mass is 376 g/mol. The first-order chi connectivity index (χ1) is 9.29. The quantitative estimate of drug-likeness (QED) is 0.530. The number of rotatable bonds is 6. The molecule has 0 amide bonds. The van der Waals surface area contributed by atoms with E-state index in [1.54, 1.807) is 0 Å². The van der Waals surface area contributed by atoms with Crippen LogP contribution >= 0.6 is 27.5 Å². The van der Waals surface area contributed by atoms with Gasteiger partial charge in [0, 0.05) is 20.2 Å². The van der Waals surface area contributed by atoms with Gasteiger partial charge < -0.3 is 9.47 Å². The third-order valence-electron chi connectivity index (χ3n) is 4.09. The van der Waals surface area contributed by atoms with E-state index in [0.717, 1.165) is 40.4 Å². The summed E-state index contributed by atoms with van der Waals surface area (Å²) >= 11 is 9.72. The van der Waals surface area contributed by atoms with E-state index in [4.69, 9.17) is 21.1 Å². The van der Waals surface area contributed by atoms with Crippen molar-refractivity contribution < 1.29 is 9.47 Å². The highest BCUT2D eigenvalue weighted by Crippen LogP contribution is 2.37. The summed E-state index contributed by atoms with van der Waals surface area (Å²) < 4.78 is 12.4. The van der Waals surface area contributed by atoms with Crippen molar-refractivity contribution in [2.24, 2.45) is 0 Å². The van der Waals surface area contributed by atoms with Crippen LogP contribution in [0, 0.1) is 0 Å². The Hall–Kier alpha value is -0.0331. The third-order valence-corrected chi connectivity index (χ3v) is 8.19. The average molecular weight is 378 g/mol. The molecule has 1 aliphatic rings. The zero-order valence-electron chi connectivity index (χ0n) is 12.5. The summed E-state index contributed by atoms with van der Waals surface area (Å²) in [6, 6.07) is 3.89. The maximum atomic E-state index is 6.15. The Morgan fingerprint density at radius 2 is 2.10 bits per heavy atom. The Balaban J connectivity index is 2.16. The van der Waals surface area contributed by atoms with Crippen molar-refractivity contribution in [1.29, 1.82) is 0 Å². The van der Waals surface area contributed by atoms with E-state index in [2.05, 4.69) is 42.9 Å². The van der Waals surface area contributed by atoms with E-state index in [1.807, 2.05) is 12.1 Å². The Bertz CT molecular complexity index is 487. The number of ether oxygens (including phenoxy) is 2. The van der Waals surface area contributed by atoms with Gasteiger partial charge in [0.25, 0.3) is 0 Å². The second-order valence-electron chi connectivity index (χ2n) is 6.47. The van der Waals surface area contributed by atoms with Gasteiger partial charge in [-0.1, -0.05) is 38.5 Å². The highest BCUT2D eigenvalue weighted by molar-refractivity contribution is 9.10. The molecule has 1 unspecified atom stereocenters. The predicted molar refractivity (Wildman–Crippen MR) is 91.0 cm³/mol. The van der Waals surface area contributed by atoms with Crippen LogP contribution < -0.4 is 4.74 Å². The summed E-state index contributed by atoms with van der Waals surface area (Å²) in [4.78, 5) is 0. The van der Waals surface area contributed by atoms with Gasteiger partial charge in [0.2, 0.25) is 0 Å². The van der Waals surface area contributed by atoms with Crippen molar-refractivity contribution >= 4 is 36.3 Å². The molecule has 0 aliphatic carbocycles. The van der Waals surface area contributed by atoms with E-state index in [1.165, 1.54) is 0 Å². The van der Waals surface area contributed by atoms with Gasteiger partial charge in [0.15, 0.2) is 0 Å². The molecule has 1 aromatic carbocycles. The van der Waals surface area contributed by atoms with Crippen LogP contribution in [0.25, 0.3) is 0 Å². The van der Waals surface area contributed by atoms with Crippen LogP contribution in [0.2, 0.25) is 23.2 Å². The normalized spacial score (nSPS) is 18.4. The number of hydrogen-bond donors (Lipinski definition) is 0. The van der Waals surface area contributed by atoms with Crippen LogP contribution in [-0.2, 0) is 11.2 Å². The second kappa shape index (κ2) is 6.38. The molecule has 1 fully saturated rings. The Morgan fingerprint density at radius 3 is 2.65 bits per heavy atom. The van der Waals surface area contributed by atoms with Gasteiger partial charge in [0.1, 0.15) is 5.75 Å². The number of halogens is 2. The fraction of sp³-hybridized carbons (Fsp3) is 0.600. The molecule has 0 radical (unpaired) electrons. The summed E-state index contributed by atoms with van der Waals surface area (Å²) in [7, 11) is -0.769. The maximum absolute atomic E-state index is 6.15. The molecule has 5 heteroatoms. The SMILES string of the molecule is C[SiH](C)C(C)(C)COc1c(Br)cc(Cl)cc1CC1CO1. The lowest BCUT2D eigenvalue weighted by Gasteiger charge is -2.29. The molecule has 0 N–H and O–H groups in total. The maximum Gasteiger partial charge on any atom is 0.136 e. The number of epoxide rings is 1. The third kappa shape index (κ3) is 4.23. The minimum absolute atomic E-state index is 0.270. The molecule has 0 saturated carbocycles. The lowest BCUT2D eigenvalue weighted by atomic mass is 10.1. The zero-order chi connectivity index (χ0) is 14.9. The fourth-order valence-corrected chi connectivity index (χ4v) is 3.19. The summed E-state index contributed by atoms with van der Waals surface area (Å²) in [6.07, 6.45) is 1.20. The summed E-state index contributed by atoms with van der Waals surface area (Å²) in [5.41, 5.74) is 1.13. The molecule has 1 saturated heterocycles. The number of hydrogen-bond acceptors (Lipinski definition) is 2. The predicted octanol–water partition coefficient (Wildman–Crippen LogP) is 4.69. The average Bonchev–Trinajstić information content (AvgIpc) is 3.11. The molecule has 1 aromatic rings.